The Morgan fingerprint density at radius 1 is 1.62 bits per heavy atom. The average molecular weight is 133 g/mol. The molecule has 0 aromatic rings. The Morgan fingerprint density at radius 3 is 2.62 bits per heavy atom. The molecular formula is C6H13OS. The van der Waals surface area contributed by atoms with Gasteiger partial charge < -0.3 is 0 Å². The Labute approximate surface area is 55.5 Å². The smallest absolute Gasteiger partial charge is 0.0938 e. The third-order valence-corrected chi connectivity index (χ3v) is 2.19. The maximum absolute atomic E-state index is 10.1. The van der Waals surface area contributed by atoms with Crippen molar-refractivity contribution in [3.63, 3.8) is 0 Å². The normalized spacial score (nSPS) is 13.9. The molecule has 0 bridgehead atoms. The zero-order valence-corrected chi connectivity index (χ0v) is 6.33. The van der Waals surface area contributed by atoms with E-state index in [4.69, 9.17) is 0 Å². The first-order valence-corrected chi connectivity index (χ1v) is 4.05. The summed E-state index contributed by atoms with van der Waals surface area (Å²) in [7, 11) is 0. The van der Waals surface area contributed by atoms with Crippen LogP contribution >= 0.6 is 11.8 Å². The van der Waals surface area contributed by atoms with Crippen LogP contribution in [-0.2, 0) is 5.11 Å². The highest BCUT2D eigenvalue weighted by molar-refractivity contribution is 7.99. The molecule has 2 heteroatoms. The van der Waals surface area contributed by atoms with Gasteiger partial charge in [0.2, 0.25) is 0 Å². The van der Waals surface area contributed by atoms with E-state index < -0.39 is 0 Å². The van der Waals surface area contributed by atoms with Gasteiger partial charge in [-0.25, -0.2) is 5.11 Å². The van der Waals surface area contributed by atoms with E-state index in [1.54, 1.807) is 11.8 Å². The quantitative estimate of drug-likeness (QED) is 0.574. The van der Waals surface area contributed by atoms with Crippen molar-refractivity contribution in [2.45, 2.75) is 25.5 Å². The molecule has 0 fully saturated rings. The molecule has 0 amide bonds. The third kappa shape index (κ3) is 4.47. The van der Waals surface area contributed by atoms with E-state index in [2.05, 4.69) is 6.92 Å². The molecule has 49 valence electrons. The molecule has 0 N–H and O–H groups in total. The van der Waals surface area contributed by atoms with Gasteiger partial charge in [0, 0.05) is 5.25 Å². The van der Waals surface area contributed by atoms with Gasteiger partial charge in [-0.05, 0) is 12.2 Å². The van der Waals surface area contributed by atoms with Crippen molar-refractivity contribution in [2.24, 2.45) is 0 Å². The lowest BCUT2D eigenvalue weighted by atomic mass is 10.5. The van der Waals surface area contributed by atoms with Crippen molar-refractivity contribution >= 4 is 11.8 Å². The molecule has 0 saturated heterocycles. The van der Waals surface area contributed by atoms with Gasteiger partial charge in [-0.15, -0.1) is 0 Å². The molecule has 0 aliphatic heterocycles. The van der Waals surface area contributed by atoms with Gasteiger partial charge in [0.1, 0.15) is 0 Å². The van der Waals surface area contributed by atoms with Crippen LogP contribution in [0.5, 0.6) is 0 Å². The largest absolute Gasteiger partial charge is 0.236 e. The summed E-state index contributed by atoms with van der Waals surface area (Å²) in [5, 5.41) is 10.4. The summed E-state index contributed by atoms with van der Waals surface area (Å²) >= 11 is 1.76. The van der Waals surface area contributed by atoms with Crippen LogP contribution in [0.1, 0.15) is 20.3 Å². The molecule has 0 rings (SSSR count). The molecule has 0 aromatic carbocycles. The van der Waals surface area contributed by atoms with E-state index in [1.807, 2.05) is 6.92 Å². The van der Waals surface area contributed by atoms with Crippen molar-refractivity contribution in [3.05, 3.63) is 0 Å². The van der Waals surface area contributed by atoms with Crippen LogP contribution in [0.4, 0.5) is 0 Å². The number of rotatable bonds is 4. The zero-order valence-electron chi connectivity index (χ0n) is 5.52. The van der Waals surface area contributed by atoms with Crippen LogP contribution in [0.15, 0.2) is 0 Å². The first-order chi connectivity index (χ1) is 3.81. The highest BCUT2D eigenvalue weighted by atomic mass is 32.2. The fourth-order valence-corrected chi connectivity index (χ4v) is 1.10. The van der Waals surface area contributed by atoms with Gasteiger partial charge in [-0.1, -0.05) is 13.8 Å². The van der Waals surface area contributed by atoms with Gasteiger partial charge in [0.25, 0.3) is 0 Å². The number of thioether (sulfide) groups is 1. The standard InChI is InChI=1S/C6H13OS/c1-3-4-8-6(2)5-7/h6H,3-5H2,1-2H3. The Bertz CT molecular complexity index is 47.8. The summed E-state index contributed by atoms with van der Waals surface area (Å²) in [6, 6.07) is 0. The molecule has 0 spiro atoms. The minimum atomic E-state index is 0.0602. The van der Waals surface area contributed by atoms with Crippen molar-refractivity contribution in [1.82, 2.24) is 0 Å². The SMILES string of the molecule is CCCSC(C)C[O]. The van der Waals surface area contributed by atoms with E-state index >= 15 is 0 Å². The molecule has 0 aromatic heterocycles. The summed E-state index contributed by atoms with van der Waals surface area (Å²) in [5.74, 6) is 1.13. The third-order valence-electron chi connectivity index (χ3n) is 0.841. The van der Waals surface area contributed by atoms with Crippen molar-refractivity contribution in [3.8, 4) is 0 Å². The minimum Gasteiger partial charge on any atom is -0.236 e. The highest BCUT2D eigenvalue weighted by Gasteiger charge is 1.97. The predicted molar refractivity (Wildman–Crippen MR) is 37.8 cm³/mol. The van der Waals surface area contributed by atoms with Crippen molar-refractivity contribution < 1.29 is 5.11 Å². The highest BCUT2D eigenvalue weighted by Crippen LogP contribution is 2.09. The minimum absolute atomic E-state index is 0.0602. The van der Waals surface area contributed by atoms with Gasteiger partial charge in [0.15, 0.2) is 0 Å². The van der Waals surface area contributed by atoms with E-state index in [9.17, 15) is 5.11 Å². The second kappa shape index (κ2) is 5.45. The van der Waals surface area contributed by atoms with Gasteiger partial charge in [-0.2, -0.15) is 11.8 Å². The molecule has 1 nitrogen and oxygen atoms in total. The average Bonchev–Trinajstić information content (AvgIpc) is 1.83. The maximum atomic E-state index is 10.1. The summed E-state index contributed by atoms with van der Waals surface area (Å²) < 4.78 is 0. The van der Waals surface area contributed by atoms with Crippen molar-refractivity contribution in [2.75, 3.05) is 12.4 Å². The summed E-state index contributed by atoms with van der Waals surface area (Å²) in [6.07, 6.45) is 1.18. The Kier molecular flexibility index (Phi) is 5.66. The van der Waals surface area contributed by atoms with E-state index in [1.165, 1.54) is 6.42 Å². The second-order valence-electron chi connectivity index (χ2n) is 1.85. The molecule has 1 unspecified atom stereocenters. The van der Waals surface area contributed by atoms with Crippen LogP contribution in [0, 0.1) is 0 Å². The van der Waals surface area contributed by atoms with Gasteiger partial charge >= 0.3 is 0 Å². The number of hydrogen-bond donors (Lipinski definition) is 0. The molecule has 0 aliphatic rings. The summed E-state index contributed by atoms with van der Waals surface area (Å²) in [6.45, 7) is 4.17. The monoisotopic (exact) mass is 133 g/mol. The van der Waals surface area contributed by atoms with Crippen LogP contribution in [0.25, 0.3) is 0 Å². The summed E-state index contributed by atoms with van der Waals surface area (Å²) in [5.41, 5.74) is 0. The zero-order chi connectivity index (χ0) is 6.41. The lowest BCUT2D eigenvalue weighted by molar-refractivity contribution is 0.198. The van der Waals surface area contributed by atoms with Crippen LogP contribution in [0.3, 0.4) is 0 Å². The van der Waals surface area contributed by atoms with E-state index in [0.29, 0.717) is 5.25 Å². The first kappa shape index (κ1) is 8.31. The molecular weight excluding hydrogens is 120 g/mol. The first-order valence-electron chi connectivity index (χ1n) is 3.01. The van der Waals surface area contributed by atoms with Crippen LogP contribution < -0.4 is 0 Å². The Hall–Kier alpha value is 0.310. The lowest BCUT2D eigenvalue weighted by Gasteiger charge is -2.02. The van der Waals surface area contributed by atoms with Crippen LogP contribution in [0.2, 0.25) is 0 Å². The van der Waals surface area contributed by atoms with E-state index in [-0.39, 0.29) is 6.61 Å². The van der Waals surface area contributed by atoms with Gasteiger partial charge in [-0.3, -0.25) is 0 Å². The molecule has 0 aliphatic carbocycles. The van der Waals surface area contributed by atoms with Gasteiger partial charge in [0.05, 0.1) is 6.61 Å². The lowest BCUT2D eigenvalue weighted by Crippen LogP contribution is -2.00. The van der Waals surface area contributed by atoms with Crippen molar-refractivity contribution in [1.29, 1.82) is 0 Å². The number of hydrogen-bond acceptors (Lipinski definition) is 1. The topological polar surface area (TPSA) is 19.9 Å². The molecule has 8 heavy (non-hydrogen) atoms. The Balaban J connectivity index is 2.86. The molecule has 1 atom stereocenters. The summed E-state index contributed by atoms with van der Waals surface area (Å²) in [4.78, 5) is 0. The molecule has 1 radical (unpaired) electrons. The second-order valence-corrected chi connectivity index (χ2v) is 3.39. The molecule has 0 saturated carbocycles. The van der Waals surface area contributed by atoms with Crippen LogP contribution in [-0.4, -0.2) is 17.6 Å². The predicted octanol–water partition coefficient (Wildman–Crippen LogP) is 1.95. The van der Waals surface area contributed by atoms with E-state index in [0.717, 1.165) is 5.75 Å². The maximum Gasteiger partial charge on any atom is 0.0938 e. The fraction of sp³-hybridized carbons (Fsp3) is 1.00. The fourth-order valence-electron chi connectivity index (χ4n) is 0.367. The molecule has 0 heterocycles. The Morgan fingerprint density at radius 2 is 2.25 bits per heavy atom.